The van der Waals surface area contributed by atoms with E-state index < -0.39 is 5.82 Å². The van der Waals surface area contributed by atoms with Crippen LogP contribution in [0.15, 0.2) is 24.3 Å². The van der Waals surface area contributed by atoms with Gasteiger partial charge in [0.25, 0.3) is 5.91 Å². The average Bonchev–Trinajstić information content (AvgIpc) is 2.42. The lowest BCUT2D eigenvalue weighted by Gasteiger charge is -2.16. The maximum absolute atomic E-state index is 13.3. The summed E-state index contributed by atoms with van der Waals surface area (Å²) in [7, 11) is 0. The molecule has 0 bridgehead atoms. The lowest BCUT2D eigenvalue weighted by Crippen LogP contribution is -2.42. The van der Waals surface area contributed by atoms with Crippen molar-refractivity contribution in [3.8, 4) is 5.75 Å². The zero-order valence-electron chi connectivity index (χ0n) is 11.6. The van der Waals surface area contributed by atoms with E-state index in [1.165, 1.54) is 12.1 Å². The number of benzene rings is 1. The summed E-state index contributed by atoms with van der Waals surface area (Å²) in [5.74, 6) is -0.679. The molecule has 6 heteroatoms. The third-order valence-corrected chi connectivity index (χ3v) is 2.75. The minimum atomic E-state index is -0.475. The Labute approximate surface area is 125 Å². The molecule has 1 aromatic carbocycles. The van der Waals surface area contributed by atoms with Crippen molar-refractivity contribution in [1.82, 2.24) is 5.32 Å². The third-order valence-electron chi connectivity index (χ3n) is 2.75. The summed E-state index contributed by atoms with van der Waals surface area (Å²) in [5, 5.41) is 2.78. The van der Waals surface area contributed by atoms with Gasteiger partial charge in [0.2, 0.25) is 0 Å². The van der Waals surface area contributed by atoms with Crippen LogP contribution in [0.2, 0.25) is 0 Å². The smallest absolute Gasteiger partial charge is 0.258 e. The molecule has 0 aliphatic carbocycles. The Bertz CT molecular complexity index is 405. The first-order valence-corrected chi connectivity index (χ1v) is 6.54. The molecule has 0 saturated carbocycles. The summed E-state index contributed by atoms with van der Waals surface area (Å²) in [6, 6.07) is 5.95. The highest BCUT2D eigenvalue weighted by molar-refractivity contribution is 5.85. The monoisotopic (exact) mass is 304 g/mol. The molecule has 1 rings (SSSR count). The number of hydrogen-bond donors (Lipinski definition) is 2. The number of carbonyl (C=O) groups is 1. The minimum absolute atomic E-state index is 0. The third kappa shape index (κ3) is 6.73. The Morgan fingerprint density at radius 2 is 2.15 bits per heavy atom. The van der Waals surface area contributed by atoms with E-state index in [9.17, 15) is 9.18 Å². The summed E-state index contributed by atoms with van der Waals surface area (Å²) in [6.07, 6.45) is 2.91. The number of nitrogens with one attached hydrogen (secondary N) is 1. The van der Waals surface area contributed by atoms with Gasteiger partial charge in [-0.1, -0.05) is 31.9 Å². The van der Waals surface area contributed by atoms with Crippen molar-refractivity contribution >= 4 is 18.3 Å². The van der Waals surface area contributed by atoms with Gasteiger partial charge in [-0.3, -0.25) is 4.79 Å². The van der Waals surface area contributed by atoms with E-state index in [0.29, 0.717) is 6.54 Å². The van der Waals surface area contributed by atoms with Crippen molar-refractivity contribution in [3.05, 3.63) is 30.1 Å². The first-order chi connectivity index (χ1) is 9.17. The van der Waals surface area contributed by atoms with Gasteiger partial charge in [0.1, 0.15) is 0 Å². The topological polar surface area (TPSA) is 64.3 Å². The maximum atomic E-state index is 13.3. The molecule has 0 aliphatic rings. The normalized spacial score (nSPS) is 11.3. The first kappa shape index (κ1) is 18.7. The van der Waals surface area contributed by atoms with E-state index in [4.69, 9.17) is 10.5 Å². The van der Waals surface area contributed by atoms with E-state index in [1.807, 2.05) is 0 Å². The van der Waals surface area contributed by atoms with Crippen molar-refractivity contribution in [2.24, 2.45) is 5.73 Å². The predicted octanol–water partition coefficient (Wildman–Crippen LogP) is 2.26. The Morgan fingerprint density at radius 3 is 2.75 bits per heavy atom. The molecular weight excluding hydrogens is 283 g/mol. The van der Waals surface area contributed by atoms with Crippen molar-refractivity contribution in [3.63, 3.8) is 0 Å². The SMILES string of the molecule is CCCCC(CN)NC(=O)COc1ccccc1F.Cl. The molecule has 0 aliphatic heterocycles. The lowest BCUT2D eigenvalue weighted by molar-refractivity contribution is -0.123. The molecule has 4 nitrogen and oxygen atoms in total. The molecule has 0 fully saturated rings. The minimum Gasteiger partial charge on any atom is -0.481 e. The largest absolute Gasteiger partial charge is 0.481 e. The molecule has 1 unspecified atom stereocenters. The molecule has 0 radical (unpaired) electrons. The van der Waals surface area contributed by atoms with Crippen LogP contribution in [0.25, 0.3) is 0 Å². The highest BCUT2D eigenvalue weighted by Gasteiger charge is 2.11. The highest BCUT2D eigenvalue weighted by atomic mass is 35.5. The van der Waals surface area contributed by atoms with Crippen LogP contribution in [-0.4, -0.2) is 25.1 Å². The Morgan fingerprint density at radius 1 is 1.45 bits per heavy atom. The number of unbranched alkanes of at least 4 members (excludes halogenated alkanes) is 1. The van der Waals surface area contributed by atoms with E-state index in [-0.39, 0.29) is 36.7 Å². The Hall–Kier alpha value is -1.33. The molecule has 0 heterocycles. The molecule has 3 N–H and O–H groups in total. The second-order valence-corrected chi connectivity index (χ2v) is 4.36. The molecule has 1 amide bonds. The van der Waals surface area contributed by atoms with Crippen LogP contribution in [0.3, 0.4) is 0 Å². The van der Waals surface area contributed by atoms with Crippen LogP contribution < -0.4 is 15.8 Å². The number of amides is 1. The van der Waals surface area contributed by atoms with Gasteiger partial charge in [0.05, 0.1) is 0 Å². The van der Waals surface area contributed by atoms with Gasteiger partial charge in [0, 0.05) is 12.6 Å². The number of rotatable bonds is 8. The molecular formula is C14H22ClFN2O2. The van der Waals surface area contributed by atoms with Crippen LogP contribution in [0.5, 0.6) is 5.75 Å². The van der Waals surface area contributed by atoms with E-state index in [2.05, 4.69) is 12.2 Å². The number of ether oxygens (including phenoxy) is 1. The van der Waals surface area contributed by atoms with E-state index in [0.717, 1.165) is 19.3 Å². The summed E-state index contributed by atoms with van der Waals surface area (Å²) >= 11 is 0. The maximum Gasteiger partial charge on any atom is 0.258 e. The molecule has 1 aromatic rings. The number of para-hydroxylation sites is 1. The summed E-state index contributed by atoms with van der Waals surface area (Å²) < 4.78 is 18.4. The second-order valence-electron chi connectivity index (χ2n) is 4.36. The van der Waals surface area contributed by atoms with E-state index >= 15 is 0 Å². The fourth-order valence-corrected chi connectivity index (χ4v) is 1.67. The zero-order chi connectivity index (χ0) is 14.1. The highest BCUT2D eigenvalue weighted by Crippen LogP contribution is 2.14. The molecule has 0 aromatic heterocycles. The summed E-state index contributed by atoms with van der Waals surface area (Å²) in [6.45, 7) is 2.27. The van der Waals surface area contributed by atoms with Crippen molar-refractivity contribution in [2.45, 2.75) is 32.2 Å². The van der Waals surface area contributed by atoms with Gasteiger partial charge in [-0.25, -0.2) is 4.39 Å². The van der Waals surface area contributed by atoms with Crippen LogP contribution in [0.4, 0.5) is 4.39 Å². The van der Waals surface area contributed by atoms with Crippen molar-refractivity contribution < 1.29 is 13.9 Å². The summed E-state index contributed by atoms with van der Waals surface area (Å²) in [5.41, 5.74) is 5.58. The quantitative estimate of drug-likeness (QED) is 0.774. The lowest BCUT2D eigenvalue weighted by atomic mass is 10.1. The van der Waals surface area contributed by atoms with Crippen LogP contribution >= 0.6 is 12.4 Å². The Kier molecular flexibility index (Phi) is 9.76. The standard InChI is InChI=1S/C14H21FN2O2.ClH/c1-2-3-6-11(9-16)17-14(18)10-19-13-8-5-4-7-12(13)15;/h4-5,7-8,11H,2-3,6,9-10,16H2,1H3,(H,17,18);1H. The fourth-order valence-electron chi connectivity index (χ4n) is 1.67. The van der Waals surface area contributed by atoms with Gasteiger partial charge in [-0.05, 0) is 18.6 Å². The molecule has 0 spiro atoms. The Balaban J connectivity index is 0.00000361. The van der Waals surface area contributed by atoms with Crippen LogP contribution in [-0.2, 0) is 4.79 Å². The fraction of sp³-hybridized carbons (Fsp3) is 0.500. The number of nitrogens with two attached hydrogens (primary N) is 1. The predicted molar refractivity (Wildman–Crippen MR) is 79.7 cm³/mol. The number of carbonyl (C=O) groups excluding carboxylic acids is 1. The summed E-state index contributed by atoms with van der Waals surface area (Å²) in [4.78, 5) is 11.6. The van der Waals surface area contributed by atoms with Gasteiger partial charge in [-0.15, -0.1) is 12.4 Å². The molecule has 0 saturated heterocycles. The van der Waals surface area contributed by atoms with Crippen LogP contribution in [0.1, 0.15) is 26.2 Å². The van der Waals surface area contributed by atoms with Gasteiger partial charge < -0.3 is 15.8 Å². The molecule has 1 atom stereocenters. The second kappa shape index (κ2) is 10.5. The number of halogens is 2. The zero-order valence-corrected chi connectivity index (χ0v) is 12.4. The van der Waals surface area contributed by atoms with Gasteiger partial charge >= 0.3 is 0 Å². The molecule has 20 heavy (non-hydrogen) atoms. The first-order valence-electron chi connectivity index (χ1n) is 6.54. The van der Waals surface area contributed by atoms with Gasteiger partial charge in [0.15, 0.2) is 18.2 Å². The number of hydrogen-bond acceptors (Lipinski definition) is 3. The van der Waals surface area contributed by atoms with Crippen molar-refractivity contribution in [1.29, 1.82) is 0 Å². The van der Waals surface area contributed by atoms with Crippen molar-refractivity contribution in [2.75, 3.05) is 13.2 Å². The molecule has 114 valence electrons. The average molecular weight is 305 g/mol. The van der Waals surface area contributed by atoms with E-state index in [1.54, 1.807) is 12.1 Å². The van der Waals surface area contributed by atoms with Gasteiger partial charge in [-0.2, -0.15) is 0 Å². The van der Waals surface area contributed by atoms with Crippen LogP contribution in [0, 0.1) is 5.82 Å².